The molecule has 1 fully saturated rings. The van der Waals surface area contributed by atoms with Crippen molar-refractivity contribution in [1.29, 1.82) is 0 Å². The lowest BCUT2D eigenvalue weighted by Gasteiger charge is -2.16. The first-order chi connectivity index (χ1) is 10.5. The summed E-state index contributed by atoms with van der Waals surface area (Å²) in [7, 11) is 3.69. The second kappa shape index (κ2) is 9.96. The Bertz CT molecular complexity index is 532. The summed E-state index contributed by atoms with van der Waals surface area (Å²) in [6, 6.07) is 1.88. The van der Waals surface area contributed by atoms with Gasteiger partial charge in [-0.15, -0.1) is 24.0 Å². The van der Waals surface area contributed by atoms with Crippen molar-refractivity contribution in [3.63, 3.8) is 0 Å². The number of rotatable bonds is 5. The Labute approximate surface area is 165 Å². The van der Waals surface area contributed by atoms with Crippen molar-refractivity contribution in [1.82, 2.24) is 20.1 Å². The molecule has 1 aliphatic heterocycles. The summed E-state index contributed by atoms with van der Waals surface area (Å²) < 4.78 is 1.88. The Morgan fingerprint density at radius 3 is 2.65 bits per heavy atom. The number of nitrogens with zero attached hydrogens (tertiary/aromatic N) is 3. The minimum absolute atomic E-state index is 0. The van der Waals surface area contributed by atoms with Crippen LogP contribution in [0, 0.1) is 5.92 Å². The van der Waals surface area contributed by atoms with Gasteiger partial charge in [-0.2, -0.15) is 0 Å². The third kappa shape index (κ3) is 5.69. The molecule has 2 heterocycles. The van der Waals surface area contributed by atoms with Crippen molar-refractivity contribution < 1.29 is 0 Å². The smallest absolute Gasteiger partial charge is 0.191 e. The standard InChI is InChI=1S/C15H25Cl2N5.HI/c1-4-22-6-5-11(10-22)8-19-15(18-2)20-9-12-7-13(16)14(17)21(12)3;/h7,11H,4-6,8-10H2,1-3H3,(H2,18,19,20);1H. The van der Waals surface area contributed by atoms with Gasteiger partial charge in [0.2, 0.25) is 0 Å². The van der Waals surface area contributed by atoms with Crippen LogP contribution >= 0.6 is 47.2 Å². The number of guanidine groups is 1. The number of hydrogen-bond acceptors (Lipinski definition) is 2. The second-order valence-electron chi connectivity index (χ2n) is 5.69. The van der Waals surface area contributed by atoms with Crippen LogP contribution in [0.1, 0.15) is 19.0 Å². The molecule has 23 heavy (non-hydrogen) atoms. The van der Waals surface area contributed by atoms with Crippen LogP contribution in [0.5, 0.6) is 0 Å². The summed E-state index contributed by atoms with van der Waals surface area (Å²) in [4.78, 5) is 6.75. The molecule has 1 aromatic rings. The fourth-order valence-corrected chi connectivity index (χ4v) is 3.18. The summed E-state index contributed by atoms with van der Waals surface area (Å²) >= 11 is 12.1. The molecule has 5 nitrogen and oxygen atoms in total. The van der Waals surface area contributed by atoms with Gasteiger partial charge in [0.15, 0.2) is 5.96 Å². The highest BCUT2D eigenvalue weighted by Gasteiger charge is 2.21. The third-order valence-electron chi connectivity index (χ3n) is 4.25. The van der Waals surface area contributed by atoms with Gasteiger partial charge >= 0.3 is 0 Å². The van der Waals surface area contributed by atoms with E-state index in [1.807, 2.05) is 17.7 Å². The molecular formula is C15H26Cl2IN5. The van der Waals surface area contributed by atoms with Crippen LogP contribution in [0.4, 0.5) is 0 Å². The summed E-state index contributed by atoms with van der Waals surface area (Å²) in [5.41, 5.74) is 1.02. The maximum Gasteiger partial charge on any atom is 0.191 e. The second-order valence-corrected chi connectivity index (χ2v) is 6.45. The van der Waals surface area contributed by atoms with Crippen molar-refractivity contribution in [3.8, 4) is 0 Å². The quantitative estimate of drug-likeness (QED) is 0.392. The largest absolute Gasteiger partial charge is 0.356 e. The topological polar surface area (TPSA) is 44.6 Å². The van der Waals surface area contributed by atoms with Gasteiger partial charge < -0.3 is 20.1 Å². The lowest BCUT2D eigenvalue weighted by Crippen LogP contribution is -2.40. The zero-order valence-electron chi connectivity index (χ0n) is 13.9. The maximum absolute atomic E-state index is 6.07. The Kier molecular flexibility index (Phi) is 9.03. The SMILES string of the molecule is CCN1CCC(CNC(=NC)NCc2cc(Cl)c(Cl)n2C)C1.I. The number of likely N-dealkylation sites (tertiary alicyclic amines) is 1. The predicted octanol–water partition coefficient (Wildman–Crippen LogP) is 2.96. The maximum atomic E-state index is 6.07. The van der Waals surface area contributed by atoms with Crippen LogP contribution in [0.3, 0.4) is 0 Å². The van der Waals surface area contributed by atoms with Gasteiger partial charge in [0.05, 0.1) is 11.6 Å². The molecule has 8 heteroatoms. The Hall–Kier alpha value is -0.180. The van der Waals surface area contributed by atoms with Crippen LogP contribution in [0.15, 0.2) is 11.1 Å². The molecule has 2 N–H and O–H groups in total. The molecule has 0 radical (unpaired) electrons. The molecule has 0 amide bonds. The van der Waals surface area contributed by atoms with E-state index < -0.39 is 0 Å². The minimum atomic E-state index is 0. The molecule has 1 atom stereocenters. The molecule has 1 unspecified atom stereocenters. The molecule has 0 spiro atoms. The van der Waals surface area contributed by atoms with Gasteiger partial charge in [-0.25, -0.2) is 0 Å². The lowest BCUT2D eigenvalue weighted by atomic mass is 10.1. The molecule has 0 aromatic carbocycles. The average Bonchev–Trinajstić information content (AvgIpc) is 3.08. The summed E-state index contributed by atoms with van der Waals surface area (Å²) in [5, 5.41) is 7.85. The molecule has 0 saturated carbocycles. The number of halogens is 3. The van der Waals surface area contributed by atoms with Crippen LogP contribution in [0.2, 0.25) is 10.2 Å². The first-order valence-electron chi connectivity index (χ1n) is 7.71. The van der Waals surface area contributed by atoms with Gasteiger partial charge in [0, 0.05) is 32.9 Å². The first-order valence-corrected chi connectivity index (χ1v) is 8.47. The normalized spacial score (nSPS) is 18.8. The monoisotopic (exact) mass is 473 g/mol. The van der Waals surface area contributed by atoms with Crippen molar-refractivity contribution in [2.75, 3.05) is 33.2 Å². The van der Waals surface area contributed by atoms with E-state index in [4.69, 9.17) is 23.2 Å². The molecule has 0 aliphatic carbocycles. The molecule has 1 aliphatic rings. The van der Waals surface area contributed by atoms with Gasteiger partial charge in [0.25, 0.3) is 0 Å². The summed E-state index contributed by atoms with van der Waals surface area (Å²) in [6.45, 7) is 7.31. The molecule has 1 saturated heterocycles. The van der Waals surface area contributed by atoms with E-state index >= 15 is 0 Å². The van der Waals surface area contributed by atoms with E-state index in [2.05, 4.69) is 27.4 Å². The third-order valence-corrected chi connectivity index (χ3v) is 5.09. The minimum Gasteiger partial charge on any atom is -0.356 e. The number of nitrogens with one attached hydrogen (secondary N) is 2. The van der Waals surface area contributed by atoms with E-state index in [0.29, 0.717) is 22.6 Å². The molecule has 132 valence electrons. The molecule has 1 aromatic heterocycles. The van der Waals surface area contributed by atoms with E-state index in [1.54, 1.807) is 7.05 Å². The zero-order valence-corrected chi connectivity index (χ0v) is 17.7. The fraction of sp³-hybridized carbons (Fsp3) is 0.667. The number of aliphatic imine (C=N–C) groups is 1. The fourth-order valence-electron chi connectivity index (χ4n) is 2.76. The van der Waals surface area contributed by atoms with Crippen molar-refractivity contribution in [2.45, 2.75) is 19.9 Å². The highest BCUT2D eigenvalue weighted by Crippen LogP contribution is 2.24. The van der Waals surface area contributed by atoms with Gasteiger partial charge in [-0.3, -0.25) is 4.99 Å². The highest BCUT2D eigenvalue weighted by atomic mass is 127. The van der Waals surface area contributed by atoms with E-state index in [0.717, 1.165) is 24.7 Å². The predicted molar refractivity (Wildman–Crippen MR) is 109 cm³/mol. The Balaban J connectivity index is 0.00000264. The summed E-state index contributed by atoms with van der Waals surface area (Å²) in [5.74, 6) is 1.50. The van der Waals surface area contributed by atoms with E-state index in [9.17, 15) is 0 Å². The van der Waals surface area contributed by atoms with Crippen LogP contribution in [0.25, 0.3) is 0 Å². The average molecular weight is 474 g/mol. The molecule has 2 rings (SSSR count). The Morgan fingerprint density at radius 1 is 1.39 bits per heavy atom. The van der Waals surface area contributed by atoms with Crippen LogP contribution < -0.4 is 10.6 Å². The molecular weight excluding hydrogens is 448 g/mol. The van der Waals surface area contributed by atoms with Gasteiger partial charge in [-0.1, -0.05) is 30.1 Å². The number of hydrogen-bond donors (Lipinski definition) is 2. The first kappa shape index (κ1) is 20.9. The number of aromatic nitrogens is 1. The lowest BCUT2D eigenvalue weighted by molar-refractivity contribution is 0.342. The van der Waals surface area contributed by atoms with Crippen LogP contribution in [-0.2, 0) is 13.6 Å². The van der Waals surface area contributed by atoms with Crippen molar-refractivity contribution in [3.05, 3.63) is 21.9 Å². The zero-order chi connectivity index (χ0) is 16.1. The van der Waals surface area contributed by atoms with Gasteiger partial charge in [0.1, 0.15) is 5.15 Å². The molecule has 0 bridgehead atoms. The van der Waals surface area contributed by atoms with E-state index in [-0.39, 0.29) is 24.0 Å². The van der Waals surface area contributed by atoms with Gasteiger partial charge in [-0.05, 0) is 31.5 Å². The summed E-state index contributed by atoms with van der Waals surface area (Å²) in [6.07, 6.45) is 1.25. The van der Waals surface area contributed by atoms with E-state index in [1.165, 1.54) is 19.5 Å². The van der Waals surface area contributed by atoms with Crippen molar-refractivity contribution >= 4 is 53.1 Å². The highest BCUT2D eigenvalue weighted by molar-refractivity contribution is 14.0. The van der Waals surface area contributed by atoms with Crippen LogP contribution in [-0.4, -0.2) is 48.7 Å². The van der Waals surface area contributed by atoms with Crippen molar-refractivity contribution in [2.24, 2.45) is 18.0 Å². The Morgan fingerprint density at radius 2 is 2.13 bits per heavy atom.